The molecule has 6 rings (SSSR count). The van der Waals surface area contributed by atoms with Crippen molar-refractivity contribution < 1.29 is 8.42 Å². The van der Waals surface area contributed by atoms with Crippen LogP contribution in [-0.4, -0.2) is 38.6 Å². The predicted octanol–water partition coefficient (Wildman–Crippen LogP) is 4.64. The third-order valence-electron chi connectivity index (χ3n) is 6.37. The Hall–Kier alpha value is -3.02. The fourth-order valence-corrected chi connectivity index (χ4v) is 7.37. The second-order valence-electron chi connectivity index (χ2n) is 9.29. The molecule has 0 aromatic carbocycles. The highest BCUT2D eigenvalue weighted by atomic mass is 32.2. The topological polar surface area (TPSA) is 106 Å². The Morgan fingerprint density at radius 2 is 2.03 bits per heavy atom. The van der Waals surface area contributed by atoms with Crippen LogP contribution in [0.15, 0.2) is 41.1 Å². The zero-order chi connectivity index (χ0) is 24.2. The quantitative estimate of drug-likeness (QED) is 0.376. The molecule has 1 saturated carbocycles. The van der Waals surface area contributed by atoms with Crippen molar-refractivity contribution in [2.75, 3.05) is 5.32 Å². The van der Waals surface area contributed by atoms with E-state index in [9.17, 15) is 8.42 Å². The molecule has 0 radical (unpaired) electrons. The number of thiophene rings is 1. The van der Waals surface area contributed by atoms with Crippen molar-refractivity contribution in [3.8, 4) is 11.3 Å². The standard InChI is InChI=1S/C24H27N7O2S2/c1-15-10-21(34-24(15)35(32,33)29-18-8-9-18)28-22-23-25-12-20(17-11-26-30(2)13-17)31(23)14-19(27-22)16-6-4-3-5-7-16/h6,10-14,18,29H,3-5,7-9H2,1-2H3,(H,27,28). The molecular weight excluding hydrogens is 482 g/mol. The van der Waals surface area contributed by atoms with Crippen LogP contribution >= 0.6 is 11.3 Å². The van der Waals surface area contributed by atoms with Gasteiger partial charge in [0.25, 0.3) is 10.0 Å². The van der Waals surface area contributed by atoms with Gasteiger partial charge in [-0.05, 0) is 62.7 Å². The number of fused-ring (bicyclic) bond motifs is 1. The Kier molecular flexibility index (Phi) is 5.50. The number of rotatable bonds is 7. The van der Waals surface area contributed by atoms with Crippen molar-refractivity contribution >= 4 is 43.4 Å². The van der Waals surface area contributed by atoms with Crippen LogP contribution in [-0.2, 0) is 17.1 Å². The highest BCUT2D eigenvalue weighted by Crippen LogP contribution is 2.36. The van der Waals surface area contributed by atoms with Gasteiger partial charge in [-0.25, -0.2) is 23.1 Å². The Bertz CT molecular complexity index is 1560. The number of hydrogen-bond donors (Lipinski definition) is 2. The van der Waals surface area contributed by atoms with Crippen molar-refractivity contribution in [2.45, 2.75) is 55.7 Å². The van der Waals surface area contributed by atoms with E-state index < -0.39 is 10.0 Å². The number of nitrogens with zero attached hydrogens (tertiary/aromatic N) is 5. The summed E-state index contributed by atoms with van der Waals surface area (Å²) in [6.45, 7) is 1.82. The molecule has 35 heavy (non-hydrogen) atoms. The molecule has 0 spiro atoms. The van der Waals surface area contributed by atoms with Gasteiger partial charge in [0.2, 0.25) is 0 Å². The number of nitrogens with one attached hydrogen (secondary N) is 2. The second-order valence-corrected chi connectivity index (χ2v) is 12.3. The largest absolute Gasteiger partial charge is 0.329 e. The molecule has 0 saturated heterocycles. The number of imidazole rings is 1. The van der Waals surface area contributed by atoms with E-state index in [4.69, 9.17) is 4.98 Å². The molecular formula is C24H27N7O2S2. The number of aromatic nitrogens is 5. The molecule has 4 heterocycles. The monoisotopic (exact) mass is 509 g/mol. The number of aryl methyl sites for hydroxylation is 2. The second kappa shape index (κ2) is 8.58. The molecule has 0 atom stereocenters. The summed E-state index contributed by atoms with van der Waals surface area (Å²) in [7, 11) is -1.64. The van der Waals surface area contributed by atoms with Crippen LogP contribution < -0.4 is 10.0 Å². The van der Waals surface area contributed by atoms with Crippen LogP contribution in [0, 0.1) is 6.92 Å². The zero-order valence-corrected chi connectivity index (χ0v) is 21.3. The molecule has 2 aliphatic rings. The average Bonchev–Trinajstić information content (AvgIpc) is 3.19. The van der Waals surface area contributed by atoms with E-state index in [0.29, 0.717) is 26.2 Å². The van der Waals surface area contributed by atoms with E-state index in [2.05, 4.69) is 26.2 Å². The lowest BCUT2D eigenvalue weighted by Crippen LogP contribution is -2.25. The summed E-state index contributed by atoms with van der Waals surface area (Å²) in [6.07, 6.45) is 16.1. The first-order chi connectivity index (χ1) is 16.9. The van der Waals surface area contributed by atoms with Crippen LogP contribution in [0.5, 0.6) is 0 Å². The molecule has 4 aromatic heterocycles. The summed E-state index contributed by atoms with van der Waals surface area (Å²) in [5, 5.41) is 8.41. The summed E-state index contributed by atoms with van der Waals surface area (Å²) in [6, 6.07) is 1.93. The van der Waals surface area contributed by atoms with Gasteiger partial charge < -0.3 is 5.32 Å². The van der Waals surface area contributed by atoms with Gasteiger partial charge in [0.15, 0.2) is 11.5 Å². The smallest absolute Gasteiger partial charge is 0.250 e. The van der Waals surface area contributed by atoms with Crippen molar-refractivity contribution in [1.29, 1.82) is 0 Å². The fourth-order valence-electron chi connectivity index (χ4n) is 4.45. The summed E-state index contributed by atoms with van der Waals surface area (Å²) in [5.41, 5.74) is 5.41. The van der Waals surface area contributed by atoms with Crippen LogP contribution in [0.2, 0.25) is 0 Å². The van der Waals surface area contributed by atoms with Gasteiger partial charge >= 0.3 is 0 Å². The SMILES string of the molecule is Cc1cc(Nc2nc(C3=CCCCC3)cn3c(-c4cnn(C)c4)cnc23)sc1S(=O)(=O)NC1CC1. The summed E-state index contributed by atoms with van der Waals surface area (Å²) < 4.78 is 32.6. The van der Waals surface area contributed by atoms with E-state index in [1.54, 1.807) is 4.68 Å². The molecule has 2 N–H and O–H groups in total. The molecule has 1 fully saturated rings. The molecule has 11 heteroatoms. The fraction of sp³-hybridized carbons (Fsp3) is 0.375. The molecule has 9 nitrogen and oxygen atoms in total. The van der Waals surface area contributed by atoms with Gasteiger partial charge in [0.05, 0.1) is 28.8 Å². The first kappa shape index (κ1) is 22.4. The van der Waals surface area contributed by atoms with Crippen molar-refractivity contribution in [3.63, 3.8) is 0 Å². The predicted molar refractivity (Wildman–Crippen MR) is 137 cm³/mol. The van der Waals surface area contributed by atoms with Gasteiger partial charge in [0.1, 0.15) is 4.21 Å². The third kappa shape index (κ3) is 4.39. The first-order valence-corrected chi connectivity index (χ1v) is 14.1. The van der Waals surface area contributed by atoms with Crippen molar-refractivity contribution in [2.24, 2.45) is 7.05 Å². The highest BCUT2D eigenvalue weighted by Gasteiger charge is 2.30. The van der Waals surface area contributed by atoms with Crippen LogP contribution in [0.1, 0.15) is 49.8 Å². The average molecular weight is 510 g/mol. The molecule has 4 aromatic rings. The molecule has 0 bridgehead atoms. The number of allylic oxidation sites excluding steroid dienone is 2. The van der Waals surface area contributed by atoms with Gasteiger partial charge in [-0.1, -0.05) is 6.08 Å². The Morgan fingerprint density at radius 1 is 1.17 bits per heavy atom. The van der Waals surface area contributed by atoms with E-state index in [-0.39, 0.29) is 6.04 Å². The Morgan fingerprint density at radius 3 is 2.74 bits per heavy atom. The van der Waals surface area contributed by atoms with E-state index >= 15 is 0 Å². The lowest BCUT2D eigenvalue weighted by Gasteiger charge is -2.15. The molecule has 182 valence electrons. The Balaban J connectivity index is 1.43. The van der Waals surface area contributed by atoms with E-state index in [1.165, 1.54) is 23.3 Å². The van der Waals surface area contributed by atoms with Gasteiger partial charge in [-0.3, -0.25) is 9.08 Å². The minimum atomic E-state index is -3.53. The number of hydrogen-bond acceptors (Lipinski definition) is 7. The molecule has 2 aliphatic carbocycles. The zero-order valence-electron chi connectivity index (χ0n) is 19.7. The minimum absolute atomic E-state index is 0.0652. The van der Waals surface area contributed by atoms with Gasteiger partial charge in [-0.15, -0.1) is 11.3 Å². The van der Waals surface area contributed by atoms with Crippen molar-refractivity contribution in [3.05, 3.63) is 48.2 Å². The van der Waals surface area contributed by atoms with E-state index in [0.717, 1.165) is 49.1 Å². The van der Waals surface area contributed by atoms with Crippen molar-refractivity contribution in [1.82, 2.24) is 28.9 Å². The maximum atomic E-state index is 12.8. The molecule has 0 unspecified atom stereocenters. The van der Waals surface area contributed by atoms with Gasteiger partial charge in [-0.2, -0.15) is 5.10 Å². The van der Waals surface area contributed by atoms with Crippen LogP contribution in [0.3, 0.4) is 0 Å². The summed E-state index contributed by atoms with van der Waals surface area (Å²) in [5.74, 6) is 0.601. The maximum Gasteiger partial charge on any atom is 0.250 e. The maximum absolute atomic E-state index is 12.8. The summed E-state index contributed by atoms with van der Waals surface area (Å²) >= 11 is 1.22. The lowest BCUT2D eigenvalue weighted by molar-refractivity contribution is 0.582. The molecule has 0 aliphatic heterocycles. The van der Waals surface area contributed by atoms with Crippen LogP contribution in [0.25, 0.3) is 22.5 Å². The Labute approximate surface area is 208 Å². The number of anilines is 2. The normalized spacial score (nSPS) is 16.6. The third-order valence-corrected chi connectivity index (χ3v) is 9.68. The molecule has 0 amide bonds. The first-order valence-electron chi connectivity index (χ1n) is 11.8. The van der Waals surface area contributed by atoms with Crippen LogP contribution in [0.4, 0.5) is 10.8 Å². The van der Waals surface area contributed by atoms with Gasteiger partial charge in [0, 0.05) is 31.0 Å². The highest BCUT2D eigenvalue weighted by molar-refractivity contribution is 7.91. The number of sulfonamides is 1. The van der Waals surface area contributed by atoms with E-state index in [1.807, 2.05) is 49.2 Å². The lowest BCUT2D eigenvalue weighted by atomic mass is 9.97. The summed E-state index contributed by atoms with van der Waals surface area (Å²) in [4.78, 5) is 9.62. The minimum Gasteiger partial charge on any atom is -0.329 e.